The third-order valence-electron chi connectivity index (χ3n) is 4.92. The molecule has 1 aromatic carbocycles. The maximum atomic E-state index is 13.3. The van der Waals surface area contributed by atoms with E-state index in [1.165, 1.54) is 42.0 Å². The molecule has 0 bridgehead atoms. The molecule has 1 aliphatic heterocycles. The van der Waals surface area contributed by atoms with Crippen LogP contribution in [0.25, 0.3) is 0 Å². The predicted octanol–water partition coefficient (Wildman–Crippen LogP) is 2.94. The number of benzene rings is 1. The molecule has 26 heavy (non-hydrogen) atoms. The van der Waals surface area contributed by atoms with Crippen molar-refractivity contribution in [2.24, 2.45) is 4.99 Å². The van der Waals surface area contributed by atoms with E-state index in [0.717, 1.165) is 18.4 Å². The van der Waals surface area contributed by atoms with E-state index in [0.29, 0.717) is 23.6 Å². The summed E-state index contributed by atoms with van der Waals surface area (Å²) in [5, 5.41) is 6.61. The molecule has 4 rings (SSSR count). The molecule has 0 amide bonds. The molecule has 136 valence electrons. The summed E-state index contributed by atoms with van der Waals surface area (Å²) < 4.78 is 14.8. The second kappa shape index (κ2) is 6.90. The Morgan fingerprint density at radius 1 is 1.19 bits per heavy atom. The van der Waals surface area contributed by atoms with Gasteiger partial charge in [0.05, 0.1) is 0 Å². The number of hydrogen-bond acceptors (Lipinski definition) is 5. The Bertz CT molecular complexity index is 884. The highest BCUT2D eigenvalue weighted by molar-refractivity contribution is 5.93. The van der Waals surface area contributed by atoms with Crippen LogP contribution >= 0.6 is 0 Å². The van der Waals surface area contributed by atoms with Crippen molar-refractivity contribution in [1.29, 1.82) is 0 Å². The maximum Gasteiger partial charge on any atom is 0.257 e. The lowest BCUT2D eigenvalue weighted by Gasteiger charge is -2.30. The fourth-order valence-corrected chi connectivity index (χ4v) is 3.62. The molecular weight excluding hydrogens is 333 g/mol. The molecule has 1 aliphatic carbocycles. The van der Waals surface area contributed by atoms with E-state index in [9.17, 15) is 9.18 Å². The van der Waals surface area contributed by atoms with Crippen molar-refractivity contribution in [3.05, 3.63) is 57.8 Å². The Balaban J connectivity index is 1.73. The number of rotatable bonds is 2. The smallest absolute Gasteiger partial charge is 0.257 e. The summed E-state index contributed by atoms with van der Waals surface area (Å²) in [7, 11) is 0. The van der Waals surface area contributed by atoms with E-state index in [-0.39, 0.29) is 11.4 Å². The van der Waals surface area contributed by atoms with Gasteiger partial charge in [0.1, 0.15) is 5.82 Å². The molecule has 0 saturated heterocycles. The SMILES string of the molecule is Cc1cc(=O)n2c(n1)NC(NC1CCCCC1)=N[C@@H]2c1ccc(F)cc1. The Labute approximate surface area is 151 Å². The van der Waals surface area contributed by atoms with Gasteiger partial charge >= 0.3 is 0 Å². The van der Waals surface area contributed by atoms with Crippen molar-refractivity contribution in [2.45, 2.75) is 51.2 Å². The molecule has 2 N–H and O–H groups in total. The normalized spacial score (nSPS) is 20.1. The average Bonchev–Trinajstić information content (AvgIpc) is 2.62. The van der Waals surface area contributed by atoms with Gasteiger partial charge in [-0.25, -0.2) is 14.4 Å². The van der Waals surface area contributed by atoms with Crippen LogP contribution in [0.5, 0.6) is 0 Å². The maximum absolute atomic E-state index is 13.3. The van der Waals surface area contributed by atoms with Crippen molar-refractivity contribution in [2.75, 3.05) is 5.32 Å². The van der Waals surface area contributed by atoms with Crippen LogP contribution in [0.2, 0.25) is 0 Å². The van der Waals surface area contributed by atoms with Gasteiger partial charge in [-0.2, -0.15) is 0 Å². The Morgan fingerprint density at radius 3 is 2.65 bits per heavy atom. The first-order chi connectivity index (χ1) is 12.6. The van der Waals surface area contributed by atoms with Crippen molar-refractivity contribution in [3.8, 4) is 0 Å². The number of aryl methyl sites for hydroxylation is 1. The van der Waals surface area contributed by atoms with Gasteiger partial charge in [-0.05, 0) is 37.5 Å². The minimum atomic E-state index is -0.571. The molecular formula is C19H22FN5O. The number of aromatic nitrogens is 2. The summed E-state index contributed by atoms with van der Waals surface area (Å²) in [6.07, 6.45) is 5.33. The zero-order valence-electron chi connectivity index (χ0n) is 14.7. The molecule has 0 spiro atoms. The first-order valence-corrected chi connectivity index (χ1v) is 9.07. The molecule has 1 fully saturated rings. The van der Waals surface area contributed by atoms with Gasteiger partial charge in [0.2, 0.25) is 11.9 Å². The predicted molar refractivity (Wildman–Crippen MR) is 98.8 cm³/mol. The molecule has 2 aliphatic rings. The topological polar surface area (TPSA) is 71.3 Å². The lowest BCUT2D eigenvalue weighted by molar-refractivity contribution is 0.410. The summed E-state index contributed by atoms with van der Waals surface area (Å²) in [6.45, 7) is 1.79. The second-order valence-corrected chi connectivity index (χ2v) is 6.94. The fourth-order valence-electron chi connectivity index (χ4n) is 3.62. The van der Waals surface area contributed by atoms with E-state index < -0.39 is 6.17 Å². The summed E-state index contributed by atoms with van der Waals surface area (Å²) in [5.74, 6) is 0.753. The van der Waals surface area contributed by atoms with Crippen LogP contribution in [-0.4, -0.2) is 21.6 Å². The molecule has 7 heteroatoms. The van der Waals surface area contributed by atoms with E-state index in [2.05, 4.69) is 15.6 Å². The zero-order chi connectivity index (χ0) is 18.1. The largest absolute Gasteiger partial charge is 0.353 e. The quantitative estimate of drug-likeness (QED) is 0.869. The van der Waals surface area contributed by atoms with Crippen LogP contribution in [0, 0.1) is 12.7 Å². The molecule has 0 unspecified atom stereocenters. The Morgan fingerprint density at radius 2 is 1.92 bits per heavy atom. The molecule has 1 saturated carbocycles. The molecule has 2 aromatic rings. The number of aliphatic imine (C=N–C) groups is 1. The molecule has 1 aromatic heterocycles. The molecule has 6 nitrogen and oxygen atoms in total. The van der Waals surface area contributed by atoms with Crippen molar-refractivity contribution in [1.82, 2.24) is 14.9 Å². The molecule has 1 atom stereocenters. The number of anilines is 1. The third kappa shape index (κ3) is 3.34. The number of fused-ring (bicyclic) bond motifs is 1. The lowest BCUT2D eigenvalue weighted by atomic mass is 9.96. The zero-order valence-corrected chi connectivity index (χ0v) is 14.7. The highest BCUT2D eigenvalue weighted by atomic mass is 19.1. The minimum Gasteiger partial charge on any atom is -0.353 e. The van der Waals surface area contributed by atoms with Crippen LogP contribution in [0.3, 0.4) is 0 Å². The van der Waals surface area contributed by atoms with Gasteiger partial charge in [-0.15, -0.1) is 0 Å². The van der Waals surface area contributed by atoms with Crippen molar-refractivity contribution >= 4 is 11.9 Å². The summed E-state index contributed by atoms with van der Waals surface area (Å²) in [5.41, 5.74) is 1.20. The number of nitrogens with zero attached hydrogens (tertiary/aromatic N) is 3. The lowest BCUT2D eigenvalue weighted by Crippen LogP contribution is -2.45. The number of guanidine groups is 1. The molecule has 2 heterocycles. The van der Waals surface area contributed by atoms with Crippen LogP contribution in [-0.2, 0) is 0 Å². The highest BCUT2D eigenvalue weighted by Gasteiger charge is 2.26. The van der Waals surface area contributed by atoms with E-state index >= 15 is 0 Å². The van der Waals surface area contributed by atoms with Gasteiger partial charge in [0, 0.05) is 17.8 Å². The van der Waals surface area contributed by atoms with Crippen LogP contribution in [0.1, 0.15) is 49.5 Å². The van der Waals surface area contributed by atoms with Crippen LogP contribution in [0.4, 0.5) is 10.3 Å². The van der Waals surface area contributed by atoms with Gasteiger partial charge in [-0.3, -0.25) is 14.7 Å². The fraction of sp³-hybridized carbons (Fsp3) is 0.421. The first kappa shape index (κ1) is 16.8. The third-order valence-corrected chi connectivity index (χ3v) is 4.92. The van der Waals surface area contributed by atoms with E-state index in [4.69, 9.17) is 4.99 Å². The first-order valence-electron chi connectivity index (χ1n) is 9.07. The van der Waals surface area contributed by atoms with Crippen molar-refractivity contribution < 1.29 is 4.39 Å². The van der Waals surface area contributed by atoms with E-state index in [1.54, 1.807) is 19.1 Å². The molecule has 0 radical (unpaired) electrons. The van der Waals surface area contributed by atoms with Crippen LogP contribution in [0.15, 0.2) is 40.1 Å². The summed E-state index contributed by atoms with van der Waals surface area (Å²) >= 11 is 0. The average molecular weight is 355 g/mol. The van der Waals surface area contributed by atoms with Gasteiger partial charge in [0.15, 0.2) is 6.17 Å². The Kier molecular flexibility index (Phi) is 4.44. The van der Waals surface area contributed by atoms with Crippen molar-refractivity contribution in [3.63, 3.8) is 0 Å². The Hall–Kier alpha value is -2.70. The highest BCUT2D eigenvalue weighted by Crippen LogP contribution is 2.26. The minimum absolute atomic E-state index is 0.185. The van der Waals surface area contributed by atoms with E-state index in [1.807, 2.05) is 0 Å². The summed E-state index contributed by atoms with van der Waals surface area (Å²) in [4.78, 5) is 21.7. The van der Waals surface area contributed by atoms with Gasteiger partial charge in [-0.1, -0.05) is 31.4 Å². The number of nitrogens with one attached hydrogen (secondary N) is 2. The monoisotopic (exact) mass is 355 g/mol. The standard InChI is InChI=1S/C19H22FN5O/c1-12-11-16(26)25-17(13-7-9-14(20)10-8-13)23-18(24-19(25)21-12)22-15-5-3-2-4-6-15/h7-11,15,17H,2-6H2,1H3,(H2,21,22,23,24)/t17-/m0/s1. The van der Waals surface area contributed by atoms with Gasteiger partial charge in [0.25, 0.3) is 5.56 Å². The number of halogens is 1. The second-order valence-electron chi connectivity index (χ2n) is 6.94. The summed E-state index contributed by atoms with van der Waals surface area (Å²) in [6, 6.07) is 7.93. The van der Waals surface area contributed by atoms with Gasteiger partial charge < -0.3 is 5.32 Å². The van der Waals surface area contributed by atoms with Crippen LogP contribution < -0.4 is 16.2 Å². The number of hydrogen-bond donors (Lipinski definition) is 2.